The molecule has 68 valence electrons. The third-order valence-electron chi connectivity index (χ3n) is 1.59. The van der Waals surface area contributed by atoms with E-state index >= 15 is 0 Å². The average molecular weight is 188 g/mol. The van der Waals surface area contributed by atoms with Crippen molar-refractivity contribution in [2.75, 3.05) is 6.54 Å². The summed E-state index contributed by atoms with van der Waals surface area (Å²) < 4.78 is 0. The van der Waals surface area contributed by atoms with Crippen LogP contribution in [-0.2, 0) is 0 Å². The Morgan fingerprint density at radius 2 is 2.25 bits per heavy atom. The number of pyridine rings is 1. The summed E-state index contributed by atoms with van der Waals surface area (Å²) in [5.41, 5.74) is 12.2. The van der Waals surface area contributed by atoms with Crippen LogP contribution in [0.3, 0.4) is 0 Å². The van der Waals surface area contributed by atoms with Crippen molar-refractivity contribution in [1.29, 1.82) is 0 Å². The average Bonchev–Trinajstić information content (AvgIpc) is 2.07. The second kappa shape index (κ2) is 5.94. The maximum Gasteiger partial charge on any atom is 0.0322 e. The Bertz CT molecular complexity index is 203. The van der Waals surface area contributed by atoms with Crippen molar-refractivity contribution < 1.29 is 0 Å². The molecular formula is C8H14ClN3. The molecule has 0 aromatic carbocycles. The zero-order chi connectivity index (χ0) is 8.10. The fourth-order valence-corrected chi connectivity index (χ4v) is 0.942. The van der Waals surface area contributed by atoms with Gasteiger partial charge in [0.15, 0.2) is 0 Å². The van der Waals surface area contributed by atoms with Gasteiger partial charge in [-0.3, -0.25) is 4.98 Å². The van der Waals surface area contributed by atoms with E-state index in [1.54, 1.807) is 12.4 Å². The minimum Gasteiger partial charge on any atom is -0.330 e. The minimum absolute atomic E-state index is 0. The Kier molecular flexibility index (Phi) is 5.62. The Balaban J connectivity index is 0.00000121. The number of nitrogens with two attached hydrogens (primary N) is 2. The van der Waals surface area contributed by atoms with Crippen LogP contribution in [0.15, 0.2) is 24.5 Å². The predicted octanol–water partition coefficient (Wildman–Crippen LogP) is 0.852. The summed E-state index contributed by atoms with van der Waals surface area (Å²) in [6.45, 7) is 0.621. The van der Waals surface area contributed by atoms with Crippen molar-refractivity contribution in [2.24, 2.45) is 11.5 Å². The lowest BCUT2D eigenvalue weighted by Gasteiger charge is -2.08. The smallest absolute Gasteiger partial charge is 0.0322 e. The molecule has 0 fully saturated rings. The molecular weight excluding hydrogens is 174 g/mol. The molecule has 3 nitrogen and oxygen atoms in total. The molecule has 0 aliphatic heterocycles. The monoisotopic (exact) mass is 187 g/mol. The van der Waals surface area contributed by atoms with Gasteiger partial charge in [0.2, 0.25) is 0 Å². The molecule has 0 saturated heterocycles. The minimum atomic E-state index is 0. The summed E-state index contributed by atoms with van der Waals surface area (Å²) in [7, 11) is 0. The molecule has 1 rings (SSSR count). The summed E-state index contributed by atoms with van der Waals surface area (Å²) in [6.07, 6.45) is 4.32. The molecule has 0 bridgehead atoms. The first-order chi connectivity index (χ1) is 5.34. The van der Waals surface area contributed by atoms with Gasteiger partial charge in [0.05, 0.1) is 0 Å². The number of hydrogen-bond donors (Lipinski definition) is 2. The molecule has 1 atom stereocenters. The van der Waals surface area contributed by atoms with Crippen LogP contribution >= 0.6 is 12.4 Å². The Labute approximate surface area is 78.6 Å². The quantitative estimate of drug-likeness (QED) is 0.738. The number of hydrogen-bond acceptors (Lipinski definition) is 3. The number of halogens is 1. The van der Waals surface area contributed by atoms with E-state index < -0.39 is 0 Å². The summed E-state index contributed by atoms with van der Waals surface area (Å²) in [4.78, 5) is 3.97. The second-order valence-electron chi connectivity index (χ2n) is 2.47. The van der Waals surface area contributed by atoms with Crippen LogP contribution in [-0.4, -0.2) is 11.5 Å². The van der Waals surface area contributed by atoms with E-state index in [9.17, 15) is 0 Å². The van der Waals surface area contributed by atoms with Crippen LogP contribution in [0, 0.1) is 0 Å². The van der Waals surface area contributed by atoms with Gasteiger partial charge < -0.3 is 11.5 Å². The topological polar surface area (TPSA) is 64.9 Å². The van der Waals surface area contributed by atoms with Gasteiger partial charge >= 0.3 is 0 Å². The van der Waals surface area contributed by atoms with Crippen LogP contribution < -0.4 is 11.5 Å². The normalized spacial score (nSPS) is 11.8. The number of rotatable bonds is 3. The van der Waals surface area contributed by atoms with E-state index in [1.165, 1.54) is 0 Å². The zero-order valence-corrected chi connectivity index (χ0v) is 7.63. The van der Waals surface area contributed by atoms with E-state index in [-0.39, 0.29) is 18.4 Å². The lowest BCUT2D eigenvalue weighted by atomic mass is 10.1. The van der Waals surface area contributed by atoms with Gasteiger partial charge in [0.25, 0.3) is 0 Å². The highest BCUT2D eigenvalue weighted by Crippen LogP contribution is 2.10. The molecule has 0 aliphatic rings. The molecule has 0 saturated carbocycles. The Morgan fingerprint density at radius 1 is 1.50 bits per heavy atom. The fourth-order valence-electron chi connectivity index (χ4n) is 0.942. The summed E-state index contributed by atoms with van der Waals surface area (Å²) in [5, 5.41) is 0. The molecule has 1 aromatic rings. The largest absolute Gasteiger partial charge is 0.330 e. The van der Waals surface area contributed by atoms with Crippen molar-refractivity contribution in [3.63, 3.8) is 0 Å². The maximum atomic E-state index is 5.79. The van der Waals surface area contributed by atoms with Gasteiger partial charge in [0, 0.05) is 18.4 Å². The van der Waals surface area contributed by atoms with E-state index in [0.29, 0.717) is 6.54 Å². The van der Waals surface area contributed by atoms with E-state index in [2.05, 4.69) is 4.98 Å². The fraction of sp³-hybridized carbons (Fsp3) is 0.375. The summed E-state index contributed by atoms with van der Waals surface area (Å²) in [6, 6.07) is 3.88. The first kappa shape index (κ1) is 11.4. The second-order valence-corrected chi connectivity index (χ2v) is 2.47. The van der Waals surface area contributed by atoms with E-state index in [1.807, 2.05) is 12.1 Å². The lowest BCUT2D eigenvalue weighted by molar-refractivity contribution is 0.659. The lowest BCUT2D eigenvalue weighted by Crippen LogP contribution is -2.15. The molecule has 4 N–H and O–H groups in total. The van der Waals surface area contributed by atoms with Crippen LogP contribution in [0.5, 0.6) is 0 Å². The van der Waals surface area contributed by atoms with Gasteiger partial charge in [-0.15, -0.1) is 12.4 Å². The highest BCUT2D eigenvalue weighted by molar-refractivity contribution is 5.85. The Morgan fingerprint density at radius 3 is 2.75 bits per heavy atom. The molecule has 0 aliphatic carbocycles. The summed E-state index contributed by atoms with van der Waals surface area (Å²) >= 11 is 0. The zero-order valence-electron chi connectivity index (χ0n) is 6.81. The van der Waals surface area contributed by atoms with Gasteiger partial charge in [-0.2, -0.15) is 0 Å². The van der Waals surface area contributed by atoms with Gasteiger partial charge in [-0.25, -0.2) is 0 Å². The first-order valence-electron chi connectivity index (χ1n) is 3.70. The highest BCUT2D eigenvalue weighted by Gasteiger charge is 2.02. The van der Waals surface area contributed by atoms with Crippen LogP contribution in [0.4, 0.5) is 0 Å². The van der Waals surface area contributed by atoms with Crippen molar-refractivity contribution in [3.8, 4) is 0 Å². The Hall–Kier alpha value is -0.640. The molecule has 0 spiro atoms. The number of aromatic nitrogens is 1. The standard InChI is InChI=1S/C8H13N3.ClH/c9-4-3-8(10)7-2-1-5-11-6-7;/h1-2,5-6,8H,3-4,9-10H2;1H/t8-;/m1./s1. The van der Waals surface area contributed by atoms with Gasteiger partial charge in [-0.1, -0.05) is 6.07 Å². The van der Waals surface area contributed by atoms with Crippen molar-refractivity contribution in [1.82, 2.24) is 4.98 Å². The van der Waals surface area contributed by atoms with Crippen molar-refractivity contribution >= 4 is 12.4 Å². The van der Waals surface area contributed by atoms with Gasteiger partial charge in [0.1, 0.15) is 0 Å². The molecule has 12 heavy (non-hydrogen) atoms. The third-order valence-corrected chi connectivity index (χ3v) is 1.59. The maximum absolute atomic E-state index is 5.79. The third kappa shape index (κ3) is 3.17. The SMILES string of the molecule is Cl.NCC[C@@H](N)c1cccnc1. The van der Waals surface area contributed by atoms with Crippen LogP contribution in [0.2, 0.25) is 0 Å². The number of nitrogens with zero attached hydrogens (tertiary/aromatic N) is 1. The molecule has 1 heterocycles. The van der Waals surface area contributed by atoms with E-state index in [4.69, 9.17) is 11.5 Å². The van der Waals surface area contributed by atoms with Crippen LogP contribution in [0.1, 0.15) is 18.0 Å². The molecule has 0 unspecified atom stereocenters. The van der Waals surface area contributed by atoms with E-state index in [0.717, 1.165) is 12.0 Å². The van der Waals surface area contributed by atoms with Crippen LogP contribution in [0.25, 0.3) is 0 Å². The highest BCUT2D eigenvalue weighted by atomic mass is 35.5. The first-order valence-corrected chi connectivity index (χ1v) is 3.70. The molecule has 0 amide bonds. The predicted molar refractivity (Wildman–Crippen MR) is 52.1 cm³/mol. The van der Waals surface area contributed by atoms with Crippen molar-refractivity contribution in [2.45, 2.75) is 12.5 Å². The summed E-state index contributed by atoms with van der Waals surface area (Å²) in [5.74, 6) is 0. The van der Waals surface area contributed by atoms with Crippen molar-refractivity contribution in [3.05, 3.63) is 30.1 Å². The molecule has 1 aromatic heterocycles. The molecule has 0 radical (unpaired) electrons. The molecule has 4 heteroatoms. The van der Waals surface area contributed by atoms with Gasteiger partial charge in [-0.05, 0) is 24.6 Å².